The molecule has 0 saturated carbocycles. The molecule has 0 spiro atoms. The van der Waals surface area contributed by atoms with Gasteiger partial charge in [0.1, 0.15) is 13.2 Å². The van der Waals surface area contributed by atoms with Crippen LogP contribution in [0.2, 0.25) is 0 Å². The summed E-state index contributed by atoms with van der Waals surface area (Å²) in [4.78, 5) is 38.2. The van der Waals surface area contributed by atoms with Crippen LogP contribution < -0.4 is 0 Å². The predicted molar refractivity (Wildman–Crippen MR) is 357 cm³/mol. The van der Waals surface area contributed by atoms with Gasteiger partial charge in [-0.3, -0.25) is 14.4 Å². The van der Waals surface area contributed by atoms with Gasteiger partial charge in [0.15, 0.2) is 6.10 Å². The lowest BCUT2D eigenvalue weighted by Crippen LogP contribution is -2.30. The van der Waals surface area contributed by atoms with Crippen molar-refractivity contribution in [1.29, 1.82) is 0 Å². The minimum Gasteiger partial charge on any atom is -0.462 e. The second-order valence-electron chi connectivity index (χ2n) is 22.7. The first-order valence-corrected chi connectivity index (χ1v) is 34.5. The third-order valence-corrected chi connectivity index (χ3v) is 14.7. The maximum atomic E-state index is 12.9. The van der Waals surface area contributed by atoms with Gasteiger partial charge in [-0.2, -0.15) is 0 Å². The quantitative estimate of drug-likeness (QED) is 0.0261. The Kier molecular flexibility index (Phi) is 65.8. The Morgan fingerprint density at radius 1 is 0.256 bits per heavy atom. The molecule has 82 heavy (non-hydrogen) atoms. The summed E-state index contributed by atoms with van der Waals surface area (Å²) in [5.74, 6) is -0.892. The number of rotatable bonds is 62. The maximum absolute atomic E-state index is 12.9. The van der Waals surface area contributed by atoms with E-state index in [4.69, 9.17) is 14.2 Å². The molecule has 0 bridgehead atoms. The van der Waals surface area contributed by atoms with Gasteiger partial charge in [0.05, 0.1) is 0 Å². The van der Waals surface area contributed by atoms with E-state index in [1.165, 1.54) is 161 Å². The van der Waals surface area contributed by atoms with Crippen LogP contribution in [0.4, 0.5) is 0 Å². The van der Waals surface area contributed by atoms with Gasteiger partial charge in [-0.1, -0.05) is 309 Å². The third kappa shape index (κ3) is 66.6. The van der Waals surface area contributed by atoms with Gasteiger partial charge in [0.25, 0.3) is 0 Å². The third-order valence-electron chi connectivity index (χ3n) is 14.7. The predicted octanol–water partition coefficient (Wildman–Crippen LogP) is 23.9. The van der Waals surface area contributed by atoms with Crippen LogP contribution in [0.3, 0.4) is 0 Å². The van der Waals surface area contributed by atoms with E-state index in [0.717, 1.165) is 122 Å². The van der Waals surface area contributed by atoms with Crippen molar-refractivity contribution in [3.05, 3.63) is 122 Å². The highest BCUT2D eigenvalue weighted by atomic mass is 16.6. The van der Waals surface area contributed by atoms with Crippen molar-refractivity contribution in [2.24, 2.45) is 0 Å². The monoisotopic (exact) mass is 1140 g/mol. The number of carbonyl (C=O) groups is 3. The van der Waals surface area contributed by atoms with Crippen molar-refractivity contribution in [1.82, 2.24) is 0 Å². The van der Waals surface area contributed by atoms with E-state index in [9.17, 15) is 14.4 Å². The van der Waals surface area contributed by atoms with E-state index < -0.39 is 6.10 Å². The Hall–Kier alpha value is -4.19. The van der Waals surface area contributed by atoms with Crippen molar-refractivity contribution in [3.8, 4) is 0 Å². The number of hydrogen-bond acceptors (Lipinski definition) is 6. The van der Waals surface area contributed by atoms with E-state index in [1.54, 1.807) is 0 Å². The number of unbranched alkanes of at least 4 members (excludes halogenated alkanes) is 31. The van der Waals surface area contributed by atoms with Gasteiger partial charge >= 0.3 is 17.9 Å². The second kappa shape index (κ2) is 69.3. The zero-order valence-corrected chi connectivity index (χ0v) is 53.7. The molecule has 0 heterocycles. The molecule has 6 nitrogen and oxygen atoms in total. The molecule has 0 aromatic rings. The Morgan fingerprint density at radius 3 is 0.744 bits per heavy atom. The lowest BCUT2D eigenvalue weighted by atomic mass is 10.0. The summed E-state index contributed by atoms with van der Waals surface area (Å²) >= 11 is 0. The number of carbonyl (C=O) groups excluding carboxylic acids is 3. The van der Waals surface area contributed by atoms with Crippen LogP contribution in [0.15, 0.2) is 122 Å². The topological polar surface area (TPSA) is 78.9 Å². The molecule has 6 heteroatoms. The van der Waals surface area contributed by atoms with E-state index in [1.807, 2.05) is 0 Å². The van der Waals surface area contributed by atoms with Crippen molar-refractivity contribution in [2.45, 2.75) is 329 Å². The summed E-state index contributed by atoms with van der Waals surface area (Å²) in [6.45, 7) is 6.50. The van der Waals surface area contributed by atoms with Crippen LogP contribution in [0, 0.1) is 0 Å². The van der Waals surface area contributed by atoms with Crippen LogP contribution in [0.5, 0.6) is 0 Å². The smallest absolute Gasteiger partial charge is 0.306 e. The summed E-state index contributed by atoms with van der Waals surface area (Å²) < 4.78 is 16.9. The average molecular weight is 1140 g/mol. The summed E-state index contributed by atoms with van der Waals surface area (Å²) in [5, 5.41) is 0. The molecule has 0 radical (unpaired) electrons. The molecule has 0 aliphatic heterocycles. The lowest BCUT2D eigenvalue weighted by molar-refractivity contribution is -0.167. The van der Waals surface area contributed by atoms with Crippen LogP contribution in [-0.2, 0) is 28.6 Å². The zero-order valence-electron chi connectivity index (χ0n) is 53.7. The number of hydrogen-bond donors (Lipinski definition) is 0. The largest absolute Gasteiger partial charge is 0.462 e. The fraction of sp³-hybridized carbons (Fsp3) is 0.697. The van der Waals surface area contributed by atoms with Gasteiger partial charge < -0.3 is 14.2 Å². The molecule has 0 fully saturated rings. The van der Waals surface area contributed by atoms with Crippen LogP contribution in [-0.4, -0.2) is 37.2 Å². The van der Waals surface area contributed by atoms with Gasteiger partial charge in [0, 0.05) is 19.3 Å². The molecule has 1 atom stereocenters. The number of ether oxygens (including phenoxy) is 3. The molecule has 0 aliphatic carbocycles. The molecule has 468 valence electrons. The standard InChI is InChI=1S/C76H128O6/c1-4-7-10-13-16-19-21-23-25-27-29-31-33-35-37-38-40-41-43-45-47-49-51-53-55-57-60-63-66-69-75(78)81-72-73(71-80-74(77)68-65-62-59-18-15-12-9-6-3)82-76(79)70-67-64-61-58-56-54-52-50-48-46-44-42-39-36-34-32-30-28-26-24-22-20-17-14-11-8-5-2/h7,10,16,19,22-25,28-31,34-37,40-41,45,47,73H,4-6,8-9,11-15,17-18,20-21,26-27,32-33,38-39,42-44,46,48-72H2,1-3H3/b10-7-,19-16-,24-22-,25-23-,30-28-,31-29-,36-34-,37-35-,41-40-,47-45-. The van der Waals surface area contributed by atoms with Crippen molar-refractivity contribution < 1.29 is 28.6 Å². The Morgan fingerprint density at radius 2 is 0.476 bits per heavy atom. The van der Waals surface area contributed by atoms with Gasteiger partial charge in [-0.25, -0.2) is 0 Å². The minimum absolute atomic E-state index is 0.0819. The SMILES string of the molecule is CC/C=C\C/C=C\C/C=C\C/C=C\C/C=C\C/C=C\C/C=C\CCCCCCCCCC(=O)OCC(COC(=O)CCCCCCCCCC)OC(=O)CCCCCCCCCCCCCC/C=C\C/C=C\C/C=C\CCCCCCC. The minimum atomic E-state index is -0.785. The highest BCUT2D eigenvalue weighted by Crippen LogP contribution is 2.16. The van der Waals surface area contributed by atoms with Crippen LogP contribution in [0.1, 0.15) is 323 Å². The van der Waals surface area contributed by atoms with Crippen molar-refractivity contribution in [2.75, 3.05) is 13.2 Å². The van der Waals surface area contributed by atoms with E-state index in [2.05, 4.69) is 142 Å². The summed E-state index contributed by atoms with van der Waals surface area (Å²) in [6, 6.07) is 0. The van der Waals surface area contributed by atoms with Crippen LogP contribution >= 0.6 is 0 Å². The van der Waals surface area contributed by atoms with Crippen LogP contribution in [0.25, 0.3) is 0 Å². The first kappa shape index (κ1) is 77.8. The normalized spacial score (nSPS) is 12.9. The molecular formula is C76H128O6. The van der Waals surface area contributed by atoms with Gasteiger partial charge in [-0.15, -0.1) is 0 Å². The number of allylic oxidation sites excluding steroid dienone is 20. The molecule has 1 unspecified atom stereocenters. The summed E-state index contributed by atoms with van der Waals surface area (Å²) in [6.07, 6.45) is 96.6. The molecule has 0 aliphatic rings. The fourth-order valence-electron chi connectivity index (χ4n) is 9.55. The average Bonchev–Trinajstić information content (AvgIpc) is 3.47. The molecule has 0 aromatic carbocycles. The first-order valence-electron chi connectivity index (χ1n) is 34.5. The van der Waals surface area contributed by atoms with Gasteiger partial charge in [-0.05, 0) is 116 Å². The molecule has 0 aromatic heterocycles. The van der Waals surface area contributed by atoms with Gasteiger partial charge in [0.2, 0.25) is 0 Å². The fourth-order valence-corrected chi connectivity index (χ4v) is 9.55. The van der Waals surface area contributed by atoms with E-state index in [0.29, 0.717) is 19.3 Å². The first-order chi connectivity index (χ1) is 40.5. The second-order valence-corrected chi connectivity index (χ2v) is 22.7. The molecule has 0 N–H and O–H groups in total. The Balaban J connectivity index is 4.19. The van der Waals surface area contributed by atoms with E-state index >= 15 is 0 Å². The lowest BCUT2D eigenvalue weighted by Gasteiger charge is -2.18. The molecular weight excluding hydrogens is 1010 g/mol. The van der Waals surface area contributed by atoms with E-state index in [-0.39, 0.29) is 31.1 Å². The zero-order chi connectivity index (χ0) is 59.2. The molecule has 0 saturated heterocycles. The van der Waals surface area contributed by atoms with Crippen molar-refractivity contribution in [3.63, 3.8) is 0 Å². The number of esters is 3. The highest BCUT2D eigenvalue weighted by molar-refractivity contribution is 5.71. The maximum Gasteiger partial charge on any atom is 0.306 e. The van der Waals surface area contributed by atoms with Crippen molar-refractivity contribution >= 4 is 17.9 Å². The molecule has 0 rings (SSSR count). The Bertz CT molecular complexity index is 1690. The Labute approximate surface area is 507 Å². The summed E-state index contributed by atoms with van der Waals surface area (Å²) in [7, 11) is 0. The highest BCUT2D eigenvalue weighted by Gasteiger charge is 2.19. The molecule has 0 amide bonds. The summed E-state index contributed by atoms with van der Waals surface area (Å²) in [5.41, 5.74) is 0.